The van der Waals surface area contributed by atoms with Crippen molar-refractivity contribution in [1.29, 1.82) is 0 Å². The lowest BCUT2D eigenvalue weighted by Gasteiger charge is -2.12. The summed E-state index contributed by atoms with van der Waals surface area (Å²) in [7, 11) is 0. The van der Waals surface area contributed by atoms with Crippen molar-refractivity contribution in [2.45, 2.75) is 19.8 Å². The van der Waals surface area contributed by atoms with Gasteiger partial charge in [0.25, 0.3) is 5.69 Å². The van der Waals surface area contributed by atoms with Gasteiger partial charge in [-0.15, -0.1) is 0 Å². The van der Waals surface area contributed by atoms with Crippen molar-refractivity contribution in [3.8, 4) is 0 Å². The molecule has 0 saturated heterocycles. The number of halogens is 1. The lowest BCUT2D eigenvalue weighted by molar-refractivity contribution is -0.384. The van der Waals surface area contributed by atoms with Crippen LogP contribution >= 0.6 is 0 Å². The molecule has 24 heavy (non-hydrogen) atoms. The first-order valence-electron chi connectivity index (χ1n) is 7.72. The van der Waals surface area contributed by atoms with Crippen LogP contribution in [-0.4, -0.2) is 17.4 Å². The van der Waals surface area contributed by atoms with E-state index in [-0.39, 0.29) is 23.3 Å². The summed E-state index contributed by atoms with van der Waals surface area (Å²) >= 11 is 0. The van der Waals surface area contributed by atoms with E-state index in [4.69, 9.17) is 0 Å². The summed E-state index contributed by atoms with van der Waals surface area (Å²) in [5.74, 6) is -0.776. The third-order valence-electron chi connectivity index (χ3n) is 3.79. The van der Waals surface area contributed by atoms with Crippen molar-refractivity contribution in [2.24, 2.45) is 5.92 Å². The molecule has 0 bridgehead atoms. The Kier molecular flexibility index (Phi) is 6.01. The van der Waals surface area contributed by atoms with Crippen LogP contribution in [0.5, 0.6) is 0 Å². The molecular formula is C18H19FN2O3. The van der Waals surface area contributed by atoms with Gasteiger partial charge in [0.05, 0.1) is 4.92 Å². The van der Waals surface area contributed by atoms with Gasteiger partial charge in [-0.1, -0.05) is 37.3 Å². The molecule has 0 aliphatic rings. The average Bonchev–Trinajstić information content (AvgIpc) is 2.57. The third kappa shape index (κ3) is 4.87. The summed E-state index contributed by atoms with van der Waals surface area (Å²) in [6, 6.07) is 12.7. The Balaban J connectivity index is 1.80. The van der Waals surface area contributed by atoms with Gasteiger partial charge in [-0.3, -0.25) is 14.9 Å². The Morgan fingerprint density at radius 3 is 2.50 bits per heavy atom. The minimum atomic E-state index is -0.448. The van der Waals surface area contributed by atoms with E-state index in [9.17, 15) is 19.3 Å². The highest BCUT2D eigenvalue weighted by molar-refractivity contribution is 5.78. The maximum absolute atomic E-state index is 13.6. The van der Waals surface area contributed by atoms with Crippen LogP contribution in [0.3, 0.4) is 0 Å². The van der Waals surface area contributed by atoms with Gasteiger partial charge < -0.3 is 5.32 Å². The maximum atomic E-state index is 13.6. The van der Waals surface area contributed by atoms with Crippen LogP contribution in [0, 0.1) is 21.8 Å². The van der Waals surface area contributed by atoms with Gasteiger partial charge in [-0.05, 0) is 30.0 Å². The highest BCUT2D eigenvalue weighted by atomic mass is 19.1. The second-order valence-corrected chi connectivity index (χ2v) is 5.66. The minimum Gasteiger partial charge on any atom is -0.356 e. The number of nitro benzene ring substituents is 1. The fourth-order valence-corrected chi connectivity index (χ4v) is 2.38. The number of nitro groups is 1. The molecule has 1 atom stereocenters. The molecular weight excluding hydrogens is 311 g/mol. The zero-order chi connectivity index (χ0) is 17.5. The molecule has 0 radical (unpaired) electrons. The van der Waals surface area contributed by atoms with Crippen molar-refractivity contribution in [3.05, 3.63) is 75.6 Å². The smallest absolute Gasteiger partial charge is 0.269 e. The Morgan fingerprint density at radius 2 is 1.88 bits per heavy atom. The summed E-state index contributed by atoms with van der Waals surface area (Å²) in [4.78, 5) is 22.2. The van der Waals surface area contributed by atoms with Crippen LogP contribution in [0.15, 0.2) is 48.5 Å². The molecule has 1 amide bonds. The summed E-state index contributed by atoms with van der Waals surface area (Å²) < 4.78 is 13.6. The van der Waals surface area contributed by atoms with E-state index >= 15 is 0 Å². The molecule has 2 rings (SSSR count). The van der Waals surface area contributed by atoms with E-state index in [1.54, 1.807) is 37.3 Å². The molecule has 0 aromatic heterocycles. The molecule has 5 nitrogen and oxygen atoms in total. The van der Waals surface area contributed by atoms with E-state index in [0.717, 1.165) is 5.56 Å². The van der Waals surface area contributed by atoms with E-state index in [1.165, 1.54) is 18.2 Å². The van der Waals surface area contributed by atoms with Crippen LogP contribution in [0.1, 0.15) is 18.1 Å². The number of amides is 1. The van der Waals surface area contributed by atoms with Gasteiger partial charge in [0, 0.05) is 24.6 Å². The highest BCUT2D eigenvalue weighted by Crippen LogP contribution is 2.13. The highest BCUT2D eigenvalue weighted by Gasteiger charge is 2.15. The average molecular weight is 330 g/mol. The number of nitrogens with zero attached hydrogens (tertiary/aromatic N) is 1. The van der Waals surface area contributed by atoms with E-state index < -0.39 is 4.92 Å². The van der Waals surface area contributed by atoms with E-state index in [0.29, 0.717) is 24.9 Å². The number of hydrogen-bond donors (Lipinski definition) is 1. The molecule has 0 fully saturated rings. The zero-order valence-corrected chi connectivity index (χ0v) is 13.4. The number of carbonyl (C=O) groups excluding carboxylic acids is 1. The number of nitrogens with one attached hydrogen (secondary N) is 1. The lowest BCUT2D eigenvalue weighted by atomic mass is 10.00. The predicted molar refractivity (Wildman–Crippen MR) is 89.1 cm³/mol. The molecule has 2 aromatic carbocycles. The first kappa shape index (κ1) is 17.6. The van der Waals surface area contributed by atoms with Crippen molar-refractivity contribution in [1.82, 2.24) is 5.32 Å². The Morgan fingerprint density at radius 1 is 1.21 bits per heavy atom. The summed E-state index contributed by atoms with van der Waals surface area (Å²) in [5, 5.41) is 13.4. The predicted octanol–water partition coefficient (Wildman–Crippen LogP) is 3.27. The van der Waals surface area contributed by atoms with Gasteiger partial charge in [0.15, 0.2) is 0 Å². The van der Waals surface area contributed by atoms with Crippen molar-refractivity contribution >= 4 is 11.6 Å². The Hall–Kier alpha value is -2.76. The molecule has 0 aliphatic carbocycles. The largest absolute Gasteiger partial charge is 0.356 e. The molecule has 0 aliphatic heterocycles. The van der Waals surface area contributed by atoms with Crippen LogP contribution in [0.4, 0.5) is 10.1 Å². The molecule has 0 spiro atoms. The van der Waals surface area contributed by atoms with Gasteiger partial charge >= 0.3 is 0 Å². The number of benzene rings is 2. The van der Waals surface area contributed by atoms with Gasteiger partial charge in [-0.25, -0.2) is 4.39 Å². The Labute approximate surface area is 139 Å². The number of non-ortho nitro benzene ring substituents is 1. The third-order valence-corrected chi connectivity index (χ3v) is 3.79. The standard InChI is InChI=1S/C18H19FN2O3/c1-13(12-15-4-2-3-5-17(15)19)18(22)20-11-10-14-6-8-16(9-7-14)21(23)24/h2-9,13H,10-12H2,1H3,(H,20,22). The molecule has 1 N–H and O–H groups in total. The quantitative estimate of drug-likeness (QED) is 0.625. The van der Waals surface area contributed by atoms with Crippen LogP contribution in [-0.2, 0) is 17.6 Å². The van der Waals surface area contributed by atoms with Gasteiger partial charge in [-0.2, -0.15) is 0 Å². The van der Waals surface area contributed by atoms with Crippen molar-refractivity contribution < 1.29 is 14.1 Å². The molecule has 0 heterocycles. The summed E-state index contributed by atoms with van der Waals surface area (Å²) in [6.45, 7) is 2.19. The zero-order valence-electron chi connectivity index (χ0n) is 13.4. The number of hydrogen-bond acceptors (Lipinski definition) is 3. The fourth-order valence-electron chi connectivity index (χ4n) is 2.38. The second kappa shape index (κ2) is 8.19. The van der Waals surface area contributed by atoms with Crippen molar-refractivity contribution in [3.63, 3.8) is 0 Å². The minimum absolute atomic E-state index is 0.0429. The molecule has 0 saturated carbocycles. The molecule has 6 heteroatoms. The second-order valence-electron chi connectivity index (χ2n) is 5.66. The van der Waals surface area contributed by atoms with E-state index in [2.05, 4.69) is 5.32 Å². The SMILES string of the molecule is CC(Cc1ccccc1F)C(=O)NCCc1ccc([N+](=O)[O-])cc1. The maximum Gasteiger partial charge on any atom is 0.269 e. The number of rotatable bonds is 7. The van der Waals surface area contributed by atoms with Crippen LogP contribution in [0.2, 0.25) is 0 Å². The van der Waals surface area contributed by atoms with Gasteiger partial charge in [0.1, 0.15) is 5.82 Å². The summed E-state index contributed by atoms with van der Waals surface area (Å²) in [5.41, 5.74) is 1.47. The summed E-state index contributed by atoms with van der Waals surface area (Å²) in [6.07, 6.45) is 0.923. The van der Waals surface area contributed by atoms with E-state index in [1.807, 2.05) is 0 Å². The topological polar surface area (TPSA) is 72.2 Å². The molecule has 126 valence electrons. The number of carbonyl (C=O) groups is 1. The Bertz CT molecular complexity index is 716. The van der Waals surface area contributed by atoms with Crippen molar-refractivity contribution in [2.75, 3.05) is 6.54 Å². The normalized spacial score (nSPS) is 11.8. The van der Waals surface area contributed by atoms with Gasteiger partial charge in [0.2, 0.25) is 5.91 Å². The van der Waals surface area contributed by atoms with Crippen LogP contribution < -0.4 is 5.32 Å². The monoisotopic (exact) mass is 330 g/mol. The lowest BCUT2D eigenvalue weighted by Crippen LogP contribution is -2.32. The first-order valence-corrected chi connectivity index (χ1v) is 7.72. The molecule has 1 unspecified atom stereocenters. The van der Waals surface area contributed by atoms with Crippen LogP contribution in [0.25, 0.3) is 0 Å². The molecule has 2 aromatic rings. The first-order chi connectivity index (χ1) is 11.5. The fraction of sp³-hybridized carbons (Fsp3) is 0.278.